The van der Waals surface area contributed by atoms with E-state index in [0.717, 1.165) is 29.3 Å². The molecule has 47 heavy (non-hydrogen) atoms. The molecule has 2 unspecified atom stereocenters. The van der Waals surface area contributed by atoms with Crippen LogP contribution in [-0.4, -0.2) is 39.9 Å². The molecule has 1 aliphatic heterocycles. The van der Waals surface area contributed by atoms with Crippen molar-refractivity contribution in [2.45, 2.75) is 69.6 Å². The van der Waals surface area contributed by atoms with Crippen LogP contribution in [0.4, 0.5) is 55.9 Å². The van der Waals surface area contributed by atoms with Crippen molar-refractivity contribution in [1.82, 2.24) is 9.97 Å². The Labute approximate surface area is 261 Å². The molecule has 17 heteroatoms. The first-order chi connectivity index (χ1) is 21.9. The highest BCUT2D eigenvalue weighted by Crippen LogP contribution is 2.39. The van der Waals surface area contributed by atoms with E-state index >= 15 is 0 Å². The van der Waals surface area contributed by atoms with Gasteiger partial charge in [-0.3, -0.25) is 4.90 Å². The molecule has 1 amide bonds. The normalized spacial score (nSPS) is 16.7. The molecular weight excluding hydrogens is 649 g/mol. The smallest absolute Gasteiger partial charge is 0.416 e. The maximum Gasteiger partial charge on any atom is 0.416 e. The minimum absolute atomic E-state index is 0.0139. The van der Waals surface area contributed by atoms with Crippen molar-refractivity contribution in [2.75, 3.05) is 16.8 Å². The SMILES string of the molecule is CCC1C(Nc2ncc(OCCCC#N)c(Cc3cc(C(F)(F)F)cc(C(F)(F)F)c3)n2)Cc2cc(C(F)(F)F)ccc2N1C(=O)O. The lowest BCUT2D eigenvalue weighted by Crippen LogP contribution is -2.53. The highest BCUT2D eigenvalue weighted by molar-refractivity contribution is 5.89. The zero-order chi connectivity index (χ0) is 34.7. The molecule has 2 N–H and O–H groups in total. The fraction of sp³-hybridized carbons (Fsp3) is 0.400. The van der Waals surface area contributed by atoms with Crippen molar-refractivity contribution >= 4 is 17.7 Å². The number of benzene rings is 2. The van der Waals surface area contributed by atoms with Gasteiger partial charge in [-0.2, -0.15) is 44.8 Å². The standard InChI is InChI=1S/C30H26F9N5O3/c1-2-23-21(13-17-12-18(28(31,32)33)5-6-24(17)44(23)27(45)46)42-26-41-15-25(47-8-4-3-7-40)22(43-26)11-16-9-19(29(34,35)36)14-20(10-16)30(37,38)39/h5-6,9-10,12,14-15,21,23H,2-4,8,11,13H2,1H3,(H,45,46)(H,41,42,43). The minimum atomic E-state index is -5.10. The molecule has 2 heterocycles. The summed E-state index contributed by atoms with van der Waals surface area (Å²) in [6.07, 6.45) is -15.4. The van der Waals surface area contributed by atoms with Gasteiger partial charge in [0.15, 0.2) is 5.75 Å². The molecule has 0 fully saturated rings. The molecule has 0 saturated heterocycles. The molecule has 3 aromatic rings. The van der Waals surface area contributed by atoms with Crippen LogP contribution in [0.3, 0.4) is 0 Å². The number of nitrogens with one attached hydrogen (secondary N) is 1. The number of halogens is 9. The van der Waals surface area contributed by atoms with Crippen molar-refractivity contribution in [2.24, 2.45) is 0 Å². The fourth-order valence-electron chi connectivity index (χ4n) is 5.29. The van der Waals surface area contributed by atoms with Crippen molar-refractivity contribution in [3.8, 4) is 11.8 Å². The summed E-state index contributed by atoms with van der Waals surface area (Å²) in [5.74, 6) is -0.320. The van der Waals surface area contributed by atoms with Crippen molar-refractivity contribution in [3.63, 3.8) is 0 Å². The summed E-state index contributed by atoms with van der Waals surface area (Å²) in [7, 11) is 0. The number of ether oxygens (including phenoxy) is 1. The monoisotopic (exact) mass is 675 g/mol. The van der Waals surface area contributed by atoms with Crippen LogP contribution in [0.15, 0.2) is 42.6 Å². The van der Waals surface area contributed by atoms with Gasteiger partial charge in [-0.25, -0.2) is 14.8 Å². The Morgan fingerprint density at radius 2 is 1.66 bits per heavy atom. The van der Waals surface area contributed by atoms with Gasteiger partial charge in [-0.05, 0) is 66.8 Å². The van der Waals surface area contributed by atoms with E-state index < -0.39 is 65.4 Å². The Kier molecular flexibility index (Phi) is 10.1. The molecule has 0 bridgehead atoms. The Hall–Kier alpha value is -4.75. The second-order valence-electron chi connectivity index (χ2n) is 10.6. The van der Waals surface area contributed by atoms with Gasteiger partial charge in [0.2, 0.25) is 5.95 Å². The van der Waals surface area contributed by atoms with Gasteiger partial charge in [-0.1, -0.05) is 6.92 Å². The lowest BCUT2D eigenvalue weighted by atomic mass is 9.89. The van der Waals surface area contributed by atoms with Crippen molar-refractivity contribution in [1.29, 1.82) is 5.26 Å². The average Bonchev–Trinajstić information content (AvgIpc) is 2.97. The molecule has 0 aliphatic carbocycles. The predicted octanol–water partition coefficient (Wildman–Crippen LogP) is 8.11. The number of anilines is 2. The van der Waals surface area contributed by atoms with E-state index in [-0.39, 0.29) is 67.0 Å². The molecule has 8 nitrogen and oxygen atoms in total. The second-order valence-corrected chi connectivity index (χ2v) is 10.6. The highest BCUT2D eigenvalue weighted by Gasteiger charge is 2.40. The van der Waals surface area contributed by atoms with E-state index in [1.807, 2.05) is 6.07 Å². The number of unbranched alkanes of at least 4 members (excludes halogenated alkanes) is 1. The summed E-state index contributed by atoms with van der Waals surface area (Å²) in [6.45, 7) is 1.60. The Bertz CT molecular complexity index is 1620. The number of aromatic nitrogens is 2. The summed E-state index contributed by atoms with van der Waals surface area (Å²) in [4.78, 5) is 21.6. The topological polar surface area (TPSA) is 111 Å². The number of rotatable bonds is 9. The summed E-state index contributed by atoms with van der Waals surface area (Å²) in [5.41, 5.74) is -4.49. The zero-order valence-electron chi connectivity index (χ0n) is 24.4. The molecule has 0 saturated carbocycles. The average molecular weight is 676 g/mol. The molecule has 0 radical (unpaired) electrons. The van der Waals surface area contributed by atoms with Crippen LogP contribution in [0.1, 0.15) is 59.7 Å². The number of amides is 1. The number of carboxylic acid groups (broad SMARTS) is 1. The molecule has 2 aromatic carbocycles. The molecule has 2 atom stereocenters. The fourth-order valence-corrected chi connectivity index (χ4v) is 5.29. The summed E-state index contributed by atoms with van der Waals surface area (Å²) in [6, 6.07) is 3.92. The summed E-state index contributed by atoms with van der Waals surface area (Å²) >= 11 is 0. The van der Waals surface area contributed by atoms with E-state index in [4.69, 9.17) is 10.00 Å². The van der Waals surface area contributed by atoms with Gasteiger partial charge in [-0.15, -0.1) is 0 Å². The first-order valence-corrected chi connectivity index (χ1v) is 14.0. The maximum atomic E-state index is 13.5. The lowest BCUT2D eigenvalue weighted by molar-refractivity contribution is -0.143. The van der Waals surface area contributed by atoms with E-state index in [1.54, 1.807) is 6.92 Å². The summed E-state index contributed by atoms with van der Waals surface area (Å²) < 4.78 is 127. The predicted molar refractivity (Wildman–Crippen MR) is 149 cm³/mol. The van der Waals surface area contributed by atoms with Gasteiger partial charge in [0.25, 0.3) is 0 Å². The van der Waals surface area contributed by atoms with Gasteiger partial charge in [0.05, 0.1) is 59.0 Å². The van der Waals surface area contributed by atoms with Crippen molar-refractivity contribution in [3.05, 3.63) is 76.1 Å². The third-order valence-corrected chi connectivity index (χ3v) is 7.38. The van der Waals surface area contributed by atoms with Gasteiger partial charge in [0.1, 0.15) is 0 Å². The third-order valence-electron chi connectivity index (χ3n) is 7.38. The Balaban J connectivity index is 1.74. The number of nitriles is 1. The molecule has 1 aliphatic rings. The molecule has 252 valence electrons. The van der Waals surface area contributed by atoms with E-state index in [1.165, 1.54) is 0 Å². The van der Waals surface area contributed by atoms with E-state index in [0.29, 0.717) is 12.1 Å². The highest BCUT2D eigenvalue weighted by atomic mass is 19.4. The lowest BCUT2D eigenvalue weighted by Gasteiger charge is -2.41. The minimum Gasteiger partial charge on any atom is -0.490 e. The van der Waals surface area contributed by atoms with E-state index in [9.17, 15) is 49.4 Å². The molecular formula is C30H26F9N5O3. The van der Waals surface area contributed by atoms with Crippen LogP contribution in [0.2, 0.25) is 0 Å². The van der Waals surface area contributed by atoms with Crippen LogP contribution < -0.4 is 15.0 Å². The summed E-state index contributed by atoms with van der Waals surface area (Å²) in [5, 5.41) is 21.7. The number of fused-ring (bicyclic) bond motifs is 1. The number of hydrogen-bond acceptors (Lipinski definition) is 6. The largest absolute Gasteiger partial charge is 0.490 e. The first kappa shape index (κ1) is 35.1. The number of hydrogen-bond donors (Lipinski definition) is 2. The van der Waals surface area contributed by atoms with Crippen LogP contribution in [-0.2, 0) is 31.4 Å². The quantitative estimate of drug-likeness (QED) is 0.174. The maximum absolute atomic E-state index is 13.5. The van der Waals surface area contributed by atoms with Gasteiger partial charge < -0.3 is 15.2 Å². The first-order valence-electron chi connectivity index (χ1n) is 14.0. The van der Waals surface area contributed by atoms with Gasteiger partial charge >= 0.3 is 24.6 Å². The van der Waals surface area contributed by atoms with Crippen LogP contribution in [0, 0.1) is 11.3 Å². The van der Waals surface area contributed by atoms with Gasteiger partial charge in [0, 0.05) is 12.8 Å². The second kappa shape index (κ2) is 13.5. The van der Waals surface area contributed by atoms with Crippen LogP contribution >= 0.6 is 0 Å². The number of carbonyl (C=O) groups is 1. The number of alkyl halides is 9. The molecule has 0 spiro atoms. The number of nitrogens with zero attached hydrogens (tertiary/aromatic N) is 4. The van der Waals surface area contributed by atoms with Crippen LogP contribution in [0.5, 0.6) is 5.75 Å². The third kappa shape index (κ3) is 8.35. The molecule has 4 rings (SSSR count). The molecule has 1 aromatic heterocycles. The zero-order valence-corrected chi connectivity index (χ0v) is 24.4. The Morgan fingerprint density at radius 1 is 1.02 bits per heavy atom. The van der Waals surface area contributed by atoms with E-state index in [2.05, 4.69) is 15.3 Å². The van der Waals surface area contributed by atoms with Crippen molar-refractivity contribution < 1.29 is 54.2 Å². The Morgan fingerprint density at radius 3 is 2.21 bits per heavy atom. The van der Waals surface area contributed by atoms with Crippen LogP contribution in [0.25, 0.3) is 0 Å².